The third-order valence-corrected chi connectivity index (χ3v) is 3.78. The molecule has 0 amide bonds. The average Bonchev–Trinajstić information content (AvgIpc) is 2.70. The molecule has 5 heteroatoms. The predicted octanol–water partition coefficient (Wildman–Crippen LogP) is 4.27. The molecule has 0 spiro atoms. The van der Waals surface area contributed by atoms with Crippen molar-refractivity contribution >= 4 is 44.0 Å². The highest BCUT2D eigenvalue weighted by atomic mass is 79.9. The van der Waals surface area contributed by atoms with Crippen LogP contribution in [0.3, 0.4) is 0 Å². The van der Waals surface area contributed by atoms with Gasteiger partial charge < -0.3 is 5.32 Å². The molecule has 1 aromatic carbocycles. The molecule has 0 aliphatic heterocycles. The fourth-order valence-electron chi connectivity index (χ4n) is 1.20. The number of halogens is 2. The standard InChI is InChI=1S/C10H8BrClN2S/c1-13-10-14-5-9(15-10)7-4-6(11)2-3-8(7)12/h2-5H,1H3,(H,13,14). The van der Waals surface area contributed by atoms with Crippen LogP contribution >= 0.6 is 38.9 Å². The van der Waals surface area contributed by atoms with E-state index in [-0.39, 0.29) is 0 Å². The first-order valence-electron chi connectivity index (χ1n) is 4.29. The molecular weight excluding hydrogens is 296 g/mol. The van der Waals surface area contributed by atoms with Crippen LogP contribution in [-0.2, 0) is 0 Å². The van der Waals surface area contributed by atoms with Crippen molar-refractivity contribution < 1.29 is 0 Å². The van der Waals surface area contributed by atoms with E-state index in [0.29, 0.717) is 0 Å². The number of hydrogen-bond donors (Lipinski definition) is 1. The highest BCUT2D eigenvalue weighted by molar-refractivity contribution is 9.10. The van der Waals surface area contributed by atoms with Gasteiger partial charge in [-0.2, -0.15) is 0 Å². The van der Waals surface area contributed by atoms with Gasteiger partial charge in [-0.3, -0.25) is 0 Å². The van der Waals surface area contributed by atoms with E-state index in [9.17, 15) is 0 Å². The van der Waals surface area contributed by atoms with Crippen LogP contribution in [0, 0.1) is 0 Å². The number of nitrogens with one attached hydrogen (secondary N) is 1. The van der Waals surface area contributed by atoms with Crippen molar-refractivity contribution in [1.82, 2.24) is 4.98 Å². The molecule has 0 aliphatic carbocycles. The zero-order valence-electron chi connectivity index (χ0n) is 7.92. The Morgan fingerprint density at radius 2 is 2.27 bits per heavy atom. The minimum Gasteiger partial charge on any atom is -0.365 e. The summed E-state index contributed by atoms with van der Waals surface area (Å²) in [5.74, 6) is 0. The fourth-order valence-corrected chi connectivity index (χ4v) is 2.64. The highest BCUT2D eigenvalue weighted by Gasteiger charge is 2.07. The summed E-state index contributed by atoms with van der Waals surface area (Å²) in [5, 5.41) is 4.63. The lowest BCUT2D eigenvalue weighted by molar-refractivity contribution is 1.37. The molecule has 2 nitrogen and oxygen atoms in total. The van der Waals surface area contributed by atoms with E-state index in [4.69, 9.17) is 11.6 Å². The topological polar surface area (TPSA) is 24.9 Å². The summed E-state index contributed by atoms with van der Waals surface area (Å²) in [4.78, 5) is 5.28. The molecule has 1 heterocycles. The molecule has 2 aromatic rings. The van der Waals surface area contributed by atoms with Crippen molar-refractivity contribution in [3.05, 3.63) is 33.9 Å². The van der Waals surface area contributed by atoms with Crippen molar-refractivity contribution in [1.29, 1.82) is 0 Å². The van der Waals surface area contributed by atoms with Crippen LogP contribution in [0.4, 0.5) is 5.13 Å². The molecule has 0 radical (unpaired) electrons. The third-order valence-electron chi connectivity index (χ3n) is 1.91. The molecule has 0 saturated heterocycles. The second-order valence-electron chi connectivity index (χ2n) is 2.90. The maximum absolute atomic E-state index is 6.12. The van der Waals surface area contributed by atoms with Crippen LogP contribution in [0.1, 0.15) is 0 Å². The van der Waals surface area contributed by atoms with Crippen LogP contribution in [0.2, 0.25) is 5.02 Å². The maximum atomic E-state index is 6.12. The van der Waals surface area contributed by atoms with Crippen molar-refractivity contribution in [2.45, 2.75) is 0 Å². The van der Waals surface area contributed by atoms with Crippen molar-refractivity contribution in [2.75, 3.05) is 12.4 Å². The Bertz CT molecular complexity index is 484. The fraction of sp³-hybridized carbons (Fsp3) is 0.100. The molecule has 2 rings (SSSR count). The zero-order valence-corrected chi connectivity index (χ0v) is 11.1. The smallest absolute Gasteiger partial charge is 0.182 e. The Morgan fingerprint density at radius 3 is 2.93 bits per heavy atom. The van der Waals surface area contributed by atoms with Gasteiger partial charge >= 0.3 is 0 Å². The first-order chi connectivity index (χ1) is 7.20. The van der Waals surface area contributed by atoms with Crippen molar-refractivity contribution in [3.63, 3.8) is 0 Å². The first-order valence-corrected chi connectivity index (χ1v) is 6.28. The number of thiazole rings is 1. The second kappa shape index (κ2) is 4.51. The van der Waals surface area contributed by atoms with Gasteiger partial charge in [0.1, 0.15) is 0 Å². The van der Waals surface area contributed by atoms with E-state index < -0.39 is 0 Å². The lowest BCUT2D eigenvalue weighted by Crippen LogP contribution is -1.83. The predicted molar refractivity (Wildman–Crippen MR) is 69.8 cm³/mol. The van der Waals surface area contributed by atoms with E-state index in [1.807, 2.05) is 31.4 Å². The molecule has 78 valence electrons. The molecule has 0 bridgehead atoms. The third kappa shape index (κ3) is 2.33. The van der Waals surface area contributed by atoms with Crippen LogP contribution < -0.4 is 5.32 Å². The average molecular weight is 304 g/mol. The number of anilines is 1. The van der Waals surface area contributed by atoms with E-state index in [0.717, 1.165) is 25.1 Å². The highest BCUT2D eigenvalue weighted by Crippen LogP contribution is 2.35. The molecule has 0 aliphatic rings. The van der Waals surface area contributed by atoms with Crippen LogP contribution in [-0.4, -0.2) is 12.0 Å². The molecule has 1 N–H and O–H groups in total. The SMILES string of the molecule is CNc1ncc(-c2cc(Br)ccc2Cl)s1. The molecule has 0 atom stereocenters. The summed E-state index contributed by atoms with van der Waals surface area (Å²) >= 11 is 11.1. The minimum atomic E-state index is 0.740. The van der Waals surface area contributed by atoms with Gasteiger partial charge in [0.15, 0.2) is 5.13 Å². The second-order valence-corrected chi connectivity index (χ2v) is 5.26. The normalized spacial score (nSPS) is 10.3. The number of rotatable bonds is 2. The molecule has 0 saturated carbocycles. The van der Waals surface area contributed by atoms with Gasteiger partial charge in [-0.1, -0.05) is 38.9 Å². The van der Waals surface area contributed by atoms with E-state index >= 15 is 0 Å². The summed E-state index contributed by atoms with van der Waals surface area (Å²) in [6.45, 7) is 0. The lowest BCUT2D eigenvalue weighted by Gasteiger charge is -2.00. The van der Waals surface area contributed by atoms with E-state index in [1.54, 1.807) is 11.3 Å². The maximum Gasteiger partial charge on any atom is 0.182 e. The van der Waals surface area contributed by atoms with Gasteiger partial charge in [0, 0.05) is 28.3 Å². The number of aromatic nitrogens is 1. The van der Waals surface area contributed by atoms with Gasteiger partial charge in [-0.15, -0.1) is 0 Å². The van der Waals surface area contributed by atoms with Gasteiger partial charge in [0.05, 0.1) is 4.88 Å². The first kappa shape index (κ1) is 10.9. The molecular formula is C10H8BrClN2S. The Balaban J connectivity index is 2.48. The zero-order chi connectivity index (χ0) is 10.8. The summed E-state index contributed by atoms with van der Waals surface area (Å²) < 4.78 is 1.02. The molecule has 15 heavy (non-hydrogen) atoms. The van der Waals surface area contributed by atoms with Crippen LogP contribution in [0.25, 0.3) is 10.4 Å². The minimum absolute atomic E-state index is 0.740. The number of hydrogen-bond acceptors (Lipinski definition) is 3. The van der Waals surface area contributed by atoms with Gasteiger partial charge in [0.2, 0.25) is 0 Å². The molecule has 0 fully saturated rings. The summed E-state index contributed by atoms with van der Waals surface area (Å²) in [5.41, 5.74) is 1.00. The van der Waals surface area contributed by atoms with Crippen LogP contribution in [0.15, 0.2) is 28.9 Å². The quantitative estimate of drug-likeness (QED) is 0.896. The largest absolute Gasteiger partial charge is 0.365 e. The Hall–Kier alpha value is -0.580. The summed E-state index contributed by atoms with van der Waals surface area (Å²) in [6, 6.07) is 5.79. The van der Waals surface area contributed by atoms with Gasteiger partial charge in [0.25, 0.3) is 0 Å². The monoisotopic (exact) mass is 302 g/mol. The lowest BCUT2D eigenvalue weighted by atomic mass is 10.2. The number of benzene rings is 1. The van der Waals surface area contributed by atoms with E-state index in [1.165, 1.54) is 0 Å². The summed E-state index contributed by atoms with van der Waals surface area (Å²) in [7, 11) is 1.85. The van der Waals surface area contributed by atoms with E-state index in [2.05, 4.69) is 26.2 Å². The Morgan fingerprint density at radius 1 is 1.47 bits per heavy atom. The van der Waals surface area contributed by atoms with Crippen molar-refractivity contribution in [2.24, 2.45) is 0 Å². The Kier molecular flexibility index (Phi) is 3.29. The molecule has 0 unspecified atom stereocenters. The summed E-state index contributed by atoms with van der Waals surface area (Å²) in [6.07, 6.45) is 1.82. The van der Waals surface area contributed by atoms with Gasteiger partial charge in [-0.25, -0.2) is 4.98 Å². The Labute approximate surface area is 105 Å². The van der Waals surface area contributed by atoms with Gasteiger partial charge in [-0.05, 0) is 18.2 Å². The van der Waals surface area contributed by atoms with Crippen LogP contribution in [0.5, 0.6) is 0 Å². The van der Waals surface area contributed by atoms with Crippen molar-refractivity contribution in [3.8, 4) is 10.4 Å². The molecule has 1 aromatic heterocycles. The number of nitrogens with zero attached hydrogens (tertiary/aromatic N) is 1.